The number of carbonyl (C=O) groups excluding carboxylic acids is 2. The molecule has 5 nitrogen and oxygen atoms in total. The Morgan fingerprint density at radius 1 is 1.11 bits per heavy atom. The number of carbonyl (C=O) groups is 2. The Balaban J connectivity index is 2.88. The number of hydroxylamine groups is 1. The summed E-state index contributed by atoms with van der Waals surface area (Å²) in [5.41, 5.74) is 0.932. The van der Waals surface area contributed by atoms with Gasteiger partial charge in [-0.2, -0.15) is 13.2 Å². The van der Waals surface area contributed by atoms with E-state index in [2.05, 4.69) is 0 Å². The molecule has 0 heterocycles. The third-order valence-corrected chi connectivity index (χ3v) is 2.00. The van der Waals surface area contributed by atoms with Crippen LogP contribution in [0.1, 0.15) is 0 Å². The Hall–Kier alpha value is -2.09. The molecule has 0 aromatic heterocycles. The summed E-state index contributed by atoms with van der Waals surface area (Å²) in [5, 5.41) is 10.1. The molecule has 3 N–H and O–H groups in total. The number of para-hydroxylation sites is 1. The third kappa shape index (κ3) is 3.45. The van der Waals surface area contributed by atoms with Gasteiger partial charge in [0, 0.05) is 5.69 Å². The van der Waals surface area contributed by atoms with Gasteiger partial charge in [-0.1, -0.05) is 18.2 Å². The summed E-state index contributed by atoms with van der Waals surface area (Å²) < 4.78 is 37.4. The molecule has 1 aromatic rings. The fraction of sp³-hybridized carbons (Fsp3) is 0.200. The van der Waals surface area contributed by atoms with E-state index in [1.807, 2.05) is 5.32 Å². The number of hydrogen-bond acceptors (Lipinski definition) is 3. The minimum absolute atomic E-state index is 0.113. The van der Waals surface area contributed by atoms with E-state index in [1.165, 1.54) is 24.3 Å². The lowest BCUT2D eigenvalue weighted by atomic mass is 10.1. The fourth-order valence-corrected chi connectivity index (χ4v) is 1.22. The van der Waals surface area contributed by atoms with Crippen LogP contribution in [-0.4, -0.2) is 23.2 Å². The van der Waals surface area contributed by atoms with Crippen LogP contribution in [-0.2, 0) is 9.59 Å². The number of benzene rings is 1. The average molecular weight is 262 g/mol. The van der Waals surface area contributed by atoms with Crippen LogP contribution < -0.4 is 10.8 Å². The molecule has 1 rings (SSSR count). The Labute approximate surface area is 99.6 Å². The van der Waals surface area contributed by atoms with E-state index >= 15 is 0 Å². The number of hydrogen-bond donors (Lipinski definition) is 3. The van der Waals surface area contributed by atoms with Crippen molar-refractivity contribution in [2.24, 2.45) is 5.92 Å². The fourth-order valence-electron chi connectivity index (χ4n) is 1.22. The zero-order chi connectivity index (χ0) is 13.8. The highest BCUT2D eigenvalue weighted by Gasteiger charge is 2.50. The normalized spacial score (nSPS) is 12.7. The molecule has 18 heavy (non-hydrogen) atoms. The number of anilines is 1. The van der Waals surface area contributed by atoms with E-state index < -0.39 is 23.9 Å². The first-order valence-corrected chi connectivity index (χ1v) is 4.73. The molecule has 1 atom stereocenters. The summed E-state index contributed by atoms with van der Waals surface area (Å²) in [4.78, 5) is 22.2. The van der Waals surface area contributed by atoms with Crippen molar-refractivity contribution in [3.05, 3.63) is 30.3 Å². The summed E-state index contributed by atoms with van der Waals surface area (Å²) in [6, 6.07) is 7.34. The van der Waals surface area contributed by atoms with Gasteiger partial charge in [0.1, 0.15) is 0 Å². The van der Waals surface area contributed by atoms with Gasteiger partial charge in [0.25, 0.3) is 5.91 Å². The SMILES string of the molecule is O=C(NO)C(C(=O)Nc1ccccc1)C(F)(F)F. The predicted molar refractivity (Wildman–Crippen MR) is 54.5 cm³/mol. The van der Waals surface area contributed by atoms with E-state index in [9.17, 15) is 22.8 Å². The van der Waals surface area contributed by atoms with Crippen molar-refractivity contribution < 1.29 is 28.0 Å². The Kier molecular flexibility index (Phi) is 4.27. The third-order valence-electron chi connectivity index (χ3n) is 2.00. The highest BCUT2D eigenvalue weighted by atomic mass is 19.4. The molecule has 0 aliphatic carbocycles. The van der Waals surface area contributed by atoms with Crippen molar-refractivity contribution in [1.82, 2.24) is 5.48 Å². The van der Waals surface area contributed by atoms with E-state index in [0.717, 1.165) is 5.48 Å². The molecule has 8 heteroatoms. The zero-order valence-corrected chi connectivity index (χ0v) is 8.86. The van der Waals surface area contributed by atoms with Crippen LogP contribution in [0.5, 0.6) is 0 Å². The summed E-state index contributed by atoms with van der Waals surface area (Å²) in [7, 11) is 0. The molecule has 1 unspecified atom stereocenters. The highest BCUT2D eigenvalue weighted by molar-refractivity contribution is 6.06. The van der Waals surface area contributed by atoms with Crippen LogP contribution in [0.2, 0.25) is 0 Å². The maximum Gasteiger partial charge on any atom is 0.409 e. The van der Waals surface area contributed by atoms with Gasteiger partial charge in [-0.15, -0.1) is 0 Å². The molecular formula is C10H9F3N2O3. The van der Waals surface area contributed by atoms with Gasteiger partial charge in [0.05, 0.1) is 0 Å². The van der Waals surface area contributed by atoms with Gasteiger partial charge in [-0.25, -0.2) is 5.48 Å². The Morgan fingerprint density at radius 3 is 2.11 bits per heavy atom. The van der Waals surface area contributed by atoms with Gasteiger partial charge >= 0.3 is 6.18 Å². The molecule has 0 fully saturated rings. The molecule has 0 saturated heterocycles. The van der Waals surface area contributed by atoms with Crippen molar-refractivity contribution in [2.75, 3.05) is 5.32 Å². The topological polar surface area (TPSA) is 78.4 Å². The lowest BCUT2D eigenvalue weighted by Crippen LogP contribution is -2.45. The Bertz CT molecular complexity index is 434. The van der Waals surface area contributed by atoms with Gasteiger partial charge in [0.2, 0.25) is 11.8 Å². The molecule has 1 aromatic carbocycles. The van der Waals surface area contributed by atoms with Crippen molar-refractivity contribution in [2.45, 2.75) is 6.18 Å². The molecule has 0 radical (unpaired) electrons. The van der Waals surface area contributed by atoms with Crippen molar-refractivity contribution >= 4 is 17.5 Å². The smallest absolute Gasteiger partial charge is 0.325 e. The second kappa shape index (κ2) is 5.50. The first-order chi connectivity index (χ1) is 8.36. The number of rotatable bonds is 3. The Morgan fingerprint density at radius 2 is 1.67 bits per heavy atom. The van der Waals surface area contributed by atoms with Crippen LogP contribution in [0, 0.1) is 5.92 Å². The standard InChI is InChI=1S/C10H9F3N2O3/c11-10(12,13)7(9(17)15-18)8(16)14-6-4-2-1-3-5-6/h1-5,7,18H,(H,14,16)(H,15,17). The highest BCUT2D eigenvalue weighted by Crippen LogP contribution is 2.27. The van der Waals surface area contributed by atoms with Crippen LogP contribution in [0.3, 0.4) is 0 Å². The van der Waals surface area contributed by atoms with E-state index in [-0.39, 0.29) is 5.69 Å². The molecular weight excluding hydrogens is 253 g/mol. The van der Waals surface area contributed by atoms with Gasteiger partial charge < -0.3 is 5.32 Å². The molecule has 0 aliphatic rings. The molecule has 0 saturated carbocycles. The second-order valence-electron chi connectivity index (χ2n) is 3.31. The molecule has 98 valence electrons. The first-order valence-electron chi connectivity index (χ1n) is 4.73. The monoisotopic (exact) mass is 262 g/mol. The summed E-state index contributed by atoms with van der Waals surface area (Å²) in [6.45, 7) is 0. The van der Waals surface area contributed by atoms with E-state index in [0.29, 0.717) is 0 Å². The maximum atomic E-state index is 12.5. The number of halogens is 3. The van der Waals surface area contributed by atoms with Gasteiger partial charge in [-0.3, -0.25) is 14.8 Å². The minimum atomic E-state index is -5.09. The minimum Gasteiger partial charge on any atom is -0.325 e. The molecule has 0 bridgehead atoms. The predicted octanol–water partition coefficient (Wildman–Crippen LogP) is 1.31. The largest absolute Gasteiger partial charge is 0.409 e. The van der Waals surface area contributed by atoms with Gasteiger partial charge in [0.15, 0.2) is 0 Å². The number of alkyl halides is 3. The van der Waals surface area contributed by atoms with Crippen LogP contribution >= 0.6 is 0 Å². The quantitative estimate of drug-likeness (QED) is 0.436. The van der Waals surface area contributed by atoms with Gasteiger partial charge in [-0.05, 0) is 12.1 Å². The van der Waals surface area contributed by atoms with Crippen molar-refractivity contribution in [3.63, 3.8) is 0 Å². The average Bonchev–Trinajstić information content (AvgIpc) is 2.28. The van der Waals surface area contributed by atoms with Crippen LogP contribution in [0.25, 0.3) is 0 Å². The van der Waals surface area contributed by atoms with E-state index in [1.54, 1.807) is 6.07 Å². The lowest BCUT2D eigenvalue weighted by molar-refractivity contribution is -0.188. The van der Waals surface area contributed by atoms with Crippen molar-refractivity contribution in [1.29, 1.82) is 0 Å². The second-order valence-corrected chi connectivity index (χ2v) is 3.31. The maximum absolute atomic E-state index is 12.5. The number of amides is 2. The van der Waals surface area contributed by atoms with Crippen molar-refractivity contribution in [3.8, 4) is 0 Å². The lowest BCUT2D eigenvalue weighted by Gasteiger charge is -2.17. The summed E-state index contributed by atoms with van der Waals surface area (Å²) in [6.07, 6.45) is -5.09. The van der Waals surface area contributed by atoms with Crippen LogP contribution in [0.15, 0.2) is 30.3 Å². The molecule has 0 spiro atoms. The van der Waals surface area contributed by atoms with Crippen LogP contribution in [0.4, 0.5) is 18.9 Å². The molecule has 0 aliphatic heterocycles. The molecule has 2 amide bonds. The first kappa shape index (κ1) is 14.0. The zero-order valence-electron chi connectivity index (χ0n) is 8.86. The number of nitrogens with one attached hydrogen (secondary N) is 2. The van der Waals surface area contributed by atoms with E-state index in [4.69, 9.17) is 5.21 Å². The summed E-state index contributed by atoms with van der Waals surface area (Å²) >= 11 is 0. The summed E-state index contributed by atoms with van der Waals surface area (Å²) in [5.74, 6) is -6.38.